The van der Waals surface area contributed by atoms with Gasteiger partial charge in [0.25, 0.3) is 0 Å². The molecule has 62 heavy (non-hydrogen) atoms. The third kappa shape index (κ3) is 13.3. The van der Waals surface area contributed by atoms with Gasteiger partial charge in [-0.3, -0.25) is 14.5 Å². The van der Waals surface area contributed by atoms with Gasteiger partial charge >= 0.3 is 5.97 Å². The van der Waals surface area contributed by atoms with Crippen molar-refractivity contribution in [3.63, 3.8) is 0 Å². The van der Waals surface area contributed by atoms with E-state index in [4.69, 9.17) is 33.7 Å². The number of hydrogen-bond acceptors (Lipinski definition) is 16. The minimum absolute atomic E-state index is 0.103. The highest BCUT2D eigenvalue weighted by molar-refractivity contribution is 5.77. The highest BCUT2D eigenvalue weighted by atomic mass is 16.7. The summed E-state index contributed by atoms with van der Waals surface area (Å²) >= 11 is 0. The molecule has 3 aliphatic rings. The molecule has 0 unspecified atom stereocenters. The summed E-state index contributed by atoms with van der Waals surface area (Å²) in [6.07, 6.45) is -7.57. The van der Waals surface area contributed by atoms with Crippen LogP contribution in [-0.2, 0) is 38.0 Å². The zero-order chi connectivity index (χ0) is 47.1. The number of carbonyl (C=O) groups is 2. The first-order chi connectivity index (χ1) is 28.8. The lowest BCUT2D eigenvalue weighted by Crippen LogP contribution is -2.61. The second kappa shape index (κ2) is 22.9. The second-order valence-corrected chi connectivity index (χ2v) is 19.5. The quantitative estimate of drug-likeness (QED) is 0.132. The normalized spacial score (nSPS) is 43.3. The standard InChI is InChI=1S/C45H82N4O13/c1-15-33-45(10,56)38(52)30(6)49(13)25-26(2)23-43(8,55)40(28(4)37(29(5)41(54)60-33)61-35-24-44(9,57-14)39(53)31(7)59-35)62-42-36(32(50)22-27(3)58-42)48(12)21-17-16-20-47(11)34(51)18-19-46/h26-33,35-40,42,50,52-53,55-56H,15-18,20-25H2,1-14H3/t26-,27-,28+,29-,30-,31+,32-,33-,35+,36+,37+,38-,39+,40-,42+,43-,44-,45-/m1/s1. The molecule has 0 aromatic heterocycles. The van der Waals surface area contributed by atoms with Gasteiger partial charge in [0.2, 0.25) is 5.91 Å². The van der Waals surface area contributed by atoms with E-state index in [1.807, 2.05) is 50.7 Å². The SMILES string of the molecule is CC[C@H]1OC(=O)[C@H](C)[C@@H](O[C@H]2C[C@@](C)(OC)[C@@H](O)[C@H](C)O2)[C@H](C)[C@@H](O[C@@H]2O[C@H](C)C[C@@H](O)[C@@H]2N(C)CCCCN(C)C(=O)CC#N)[C@](C)(O)C[C@@H](C)CN(C)[C@H](C)[C@@H](O)[C@]1(C)O. The van der Waals surface area contributed by atoms with Crippen LogP contribution in [-0.4, -0.2) is 190 Å². The summed E-state index contributed by atoms with van der Waals surface area (Å²) in [5.41, 5.74) is -4.50. The van der Waals surface area contributed by atoms with Crippen molar-refractivity contribution >= 4 is 11.9 Å². The maximum absolute atomic E-state index is 14.4. The average molecular weight is 887 g/mol. The maximum Gasteiger partial charge on any atom is 0.311 e. The third-order valence-corrected chi connectivity index (χ3v) is 14.0. The van der Waals surface area contributed by atoms with E-state index in [2.05, 4.69) is 0 Å². The van der Waals surface area contributed by atoms with Crippen LogP contribution in [0.5, 0.6) is 0 Å². The van der Waals surface area contributed by atoms with Crippen molar-refractivity contribution in [2.24, 2.45) is 17.8 Å². The number of rotatable bonds is 13. The number of esters is 1. The van der Waals surface area contributed by atoms with Crippen LogP contribution in [0.1, 0.15) is 114 Å². The number of carbonyl (C=O) groups excluding carboxylic acids is 2. The number of aliphatic hydroxyl groups excluding tert-OH is 3. The van der Waals surface area contributed by atoms with Gasteiger partial charge in [0.1, 0.15) is 30.3 Å². The molecule has 0 aromatic carbocycles. The third-order valence-electron chi connectivity index (χ3n) is 14.0. The average Bonchev–Trinajstić information content (AvgIpc) is 3.19. The van der Waals surface area contributed by atoms with Crippen molar-refractivity contribution < 1.29 is 63.5 Å². The first-order valence-electron chi connectivity index (χ1n) is 22.6. The van der Waals surface area contributed by atoms with Crippen molar-refractivity contribution in [1.29, 1.82) is 5.26 Å². The molecule has 0 aromatic rings. The molecule has 0 aliphatic carbocycles. The van der Waals surface area contributed by atoms with Crippen LogP contribution in [0.4, 0.5) is 0 Å². The number of hydrogen-bond donors (Lipinski definition) is 5. The number of nitriles is 1. The number of ether oxygens (including phenoxy) is 6. The summed E-state index contributed by atoms with van der Waals surface area (Å²) in [5.74, 6) is -2.99. The molecule has 1 amide bonds. The van der Waals surface area contributed by atoms with Crippen LogP contribution in [0, 0.1) is 29.1 Å². The second-order valence-electron chi connectivity index (χ2n) is 19.5. The molecule has 0 saturated carbocycles. The number of amides is 1. The lowest BCUT2D eigenvalue weighted by molar-refractivity contribution is -0.315. The molecule has 3 heterocycles. The Morgan fingerprint density at radius 2 is 1.60 bits per heavy atom. The summed E-state index contributed by atoms with van der Waals surface area (Å²) in [7, 11) is 6.87. The molecule has 17 heteroatoms. The van der Waals surface area contributed by atoms with Gasteiger partial charge in [0, 0.05) is 52.0 Å². The van der Waals surface area contributed by atoms with E-state index < -0.39 is 108 Å². The Morgan fingerprint density at radius 3 is 2.19 bits per heavy atom. The molecule has 5 N–H and O–H groups in total. The Hall–Kier alpha value is -2.05. The van der Waals surface area contributed by atoms with Crippen molar-refractivity contribution in [3.8, 4) is 6.07 Å². The van der Waals surface area contributed by atoms with Crippen molar-refractivity contribution in [1.82, 2.24) is 14.7 Å². The summed E-state index contributed by atoms with van der Waals surface area (Å²) in [6, 6.07) is 0.649. The molecule has 0 spiro atoms. The number of unbranched alkanes of at least 4 members (excludes halogenated alkanes) is 1. The van der Waals surface area contributed by atoms with Gasteiger partial charge in [-0.05, 0) is 101 Å². The Morgan fingerprint density at radius 1 is 0.968 bits per heavy atom. The lowest BCUT2D eigenvalue weighted by atomic mass is 9.77. The molecule has 18 atom stereocenters. The topological polar surface area (TPSA) is 224 Å². The largest absolute Gasteiger partial charge is 0.459 e. The van der Waals surface area contributed by atoms with Crippen LogP contribution in [0.25, 0.3) is 0 Å². The van der Waals surface area contributed by atoms with Crippen LogP contribution < -0.4 is 0 Å². The number of cyclic esters (lactones) is 1. The Bertz CT molecular complexity index is 1470. The zero-order valence-corrected chi connectivity index (χ0v) is 40.0. The van der Waals surface area contributed by atoms with Gasteiger partial charge in [-0.25, -0.2) is 0 Å². The molecule has 3 saturated heterocycles. The van der Waals surface area contributed by atoms with E-state index in [1.54, 1.807) is 48.6 Å². The van der Waals surface area contributed by atoms with E-state index in [9.17, 15) is 35.1 Å². The minimum Gasteiger partial charge on any atom is -0.459 e. The fourth-order valence-electron chi connectivity index (χ4n) is 9.91. The van der Waals surface area contributed by atoms with Gasteiger partial charge in [0.15, 0.2) is 12.6 Å². The van der Waals surface area contributed by atoms with Crippen molar-refractivity contribution in [2.75, 3.05) is 47.9 Å². The molecule has 3 rings (SSSR count). The number of nitrogens with zero attached hydrogens (tertiary/aromatic N) is 4. The predicted octanol–water partition coefficient (Wildman–Crippen LogP) is 2.42. The van der Waals surface area contributed by atoms with Crippen LogP contribution in [0.2, 0.25) is 0 Å². The zero-order valence-electron chi connectivity index (χ0n) is 40.0. The summed E-state index contributed by atoms with van der Waals surface area (Å²) in [4.78, 5) is 32.0. The maximum atomic E-state index is 14.4. The molecular weight excluding hydrogens is 805 g/mol. The monoisotopic (exact) mass is 887 g/mol. The van der Waals surface area contributed by atoms with Crippen LogP contribution >= 0.6 is 0 Å². The van der Waals surface area contributed by atoms with Crippen molar-refractivity contribution in [2.45, 2.75) is 204 Å². The molecule has 17 nitrogen and oxygen atoms in total. The van der Waals surface area contributed by atoms with Gasteiger partial charge in [-0.2, -0.15) is 5.26 Å². The van der Waals surface area contributed by atoms with Gasteiger partial charge < -0.3 is 63.8 Å². The van der Waals surface area contributed by atoms with E-state index >= 15 is 0 Å². The van der Waals surface area contributed by atoms with Gasteiger partial charge in [0.05, 0.1) is 59.8 Å². The fraction of sp³-hybridized carbons (Fsp3) is 0.933. The Labute approximate surface area is 370 Å². The Balaban J connectivity index is 2.13. The van der Waals surface area contributed by atoms with E-state index in [-0.39, 0.29) is 37.5 Å². The molecule has 3 fully saturated rings. The van der Waals surface area contributed by atoms with Crippen LogP contribution in [0.3, 0.4) is 0 Å². The van der Waals surface area contributed by atoms with Gasteiger partial charge in [-0.1, -0.05) is 20.8 Å². The lowest BCUT2D eigenvalue weighted by Gasteiger charge is -2.49. The molecule has 0 radical (unpaired) electrons. The van der Waals surface area contributed by atoms with E-state index in [0.29, 0.717) is 38.9 Å². The summed E-state index contributed by atoms with van der Waals surface area (Å²) < 4.78 is 38.4. The number of methoxy groups -OCH3 is 1. The molecular formula is C45H82N4O13. The van der Waals surface area contributed by atoms with Crippen LogP contribution in [0.15, 0.2) is 0 Å². The molecule has 360 valence electrons. The Kier molecular flexibility index (Phi) is 20.1. The van der Waals surface area contributed by atoms with Crippen molar-refractivity contribution in [3.05, 3.63) is 0 Å². The smallest absolute Gasteiger partial charge is 0.311 e. The first kappa shape index (κ1) is 54.3. The highest BCUT2D eigenvalue weighted by Crippen LogP contribution is 2.40. The first-order valence-corrected chi connectivity index (χ1v) is 22.6. The molecule has 0 bridgehead atoms. The molecule has 3 aliphatic heterocycles. The minimum atomic E-state index is -1.83. The number of likely N-dealkylation sites (N-methyl/N-ethyl adjacent to an activating group) is 2. The summed E-state index contributed by atoms with van der Waals surface area (Å²) in [5, 5.41) is 67.8. The highest BCUT2D eigenvalue weighted by Gasteiger charge is 2.53. The predicted molar refractivity (Wildman–Crippen MR) is 230 cm³/mol. The van der Waals surface area contributed by atoms with Gasteiger partial charge in [-0.15, -0.1) is 0 Å². The number of aliphatic hydroxyl groups is 5. The van der Waals surface area contributed by atoms with E-state index in [0.717, 1.165) is 0 Å². The van der Waals surface area contributed by atoms with E-state index in [1.165, 1.54) is 18.9 Å². The summed E-state index contributed by atoms with van der Waals surface area (Å²) in [6.45, 7) is 18.9. The fourth-order valence-corrected chi connectivity index (χ4v) is 9.91.